The summed E-state index contributed by atoms with van der Waals surface area (Å²) in [7, 11) is 0. The Hall–Kier alpha value is -2.14. The molecule has 0 amide bonds. The smallest absolute Gasteiger partial charge is 0.184 e. The minimum absolute atomic E-state index is 0.316. The highest BCUT2D eigenvalue weighted by Gasteiger charge is 2.48. The Morgan fingerprint density at radius 3 is 2.46 bits per heavy atom. The molecule has 0 radical (unpaired) electrons. The Morgan fingerprint density at radius 1 is 1.00 bits per heavy atom. The number of ether oxygens (including phenoxy) is 3. The minimum Gasteiger partial charge on any atom is -0.493 e. The van der Waals surface area contributed by atoms with Gasteiger partial charge in [-0.25, -0.2) is 0 Å². The SMILES string of the molecule is O[C@]1(Cc2ccccc2)C=CO[C@@H]2COC(c3ccccc3)O[C@H]21. The molecule has 4 nitrogen and oxygen atoms in total. The second kappa shape index (κ2) is 6.40. The van der Waals surface area contributed by atoms with Crippen molar-refractivity contribution >= 4 is 0 Å². The fourth-order valence-corrected chi connectivity index (χ4v) is 3.30. The van der Waals surface area contributed by atoms with Crippen molar-refractivity contribution in [3.63, 3.8) is 0 Å². The number of fused-ring (bicyclic) bond motifs is 1. The molecule has 1 fully saturated rings. The quantitative estimate of drug-likeness (QED) is 0.943. The molecule has 0 aliphatic carbocycles. The predicted molar refractivity (Wildman–Crippen MR) is 89.1 cm³/mol. The highest BCUT2D eigenvalue weighted by atomic mass is 16.7. The van der Waals surface area contributed by atoms with Crippen molar-refractivity contribution in [2.75, 3.05) is 6.61 Å². The van der Waals surface area contributed by atoms with E-state index in [-0.39, 0.29) is 6.10 Å². The van der Waals surface area contributed by atoms with E-state index in [0.717, 1.165) is 11.1 Å². The Balaban J connectivity index is 1.58. The molecular formula is C20H20O4. The van der Waals surface area contributed by atoms with Gasteiger partial charge in [0.1, 0.15) is 11.7 Å². The van der Waals surface area contributed by atoms with Crippen LogP contribution in [-0.4, -0.2) is 29.5 Å². The van der Waals surface area contributed by atoms with Crippen LogP contribution in [-0.2, 0) is 20.6 Å². The molecule has 4 heteroatoms. The second-order valence-corrected chi connectivity index (χ2v) is 6.26. The number of hydrogen-bond acceptors (Lipinski definition) is 4. The summed E-state index contributed by atoms with van der Waals surface area (Å²) in [6.45, 7) is 0.381. The molecule has 2 aliphatic rings. The average molecular weight is 324 g/mol. The van der Waals surface area contributed by atoms with Crippen LogP contribution in [0.2, 0.25) is 0 Å². The molecule has 0 bridgehead atoms. The van der Waals surface area contributed by atoms with Crippen molar-refractivity contribution in [2.24, 2.45) is 0 Å². The van der Waals surface area contributed by atoms with E-state index in [1.54, 1.807) is 12.3 Å². The lowest BCUT2D eigenvalue weighted by atomic mass is 9.84. The van der Waals surface area contributed by atoms with E-state index in [1.807, 2.05) is 60.7 Å². The molecule has 4 rings (SSSR count). The monoisotopic (exact) mass is 324 g/mol. The van der Waals surface area contributed by atoms with Crippen LogP contribution in [0.1, 0.15) is 17.4 Å². The van der Waals surface area contributed by atoms with E-state index in [0.29, 0.717) is 13.0 Å². The summed E-state index contributed by atoms with van der Waals surface area (Å²) in [4.78, 5) is 0. The van der Waals surface area contributed by atoms with E-state index < -0.39 is 18.0 Å². The fraction of sp³-hybridized carbons (Fsp3) is 0.300. The van der Waals surface area contributed by atoms with E-state index >= 15 is 0 Å². The zero-order chi connectivity index (χ0) is 16.4. The Kier molecular flexibility index (Phi) is 4.10. The van der Waals surface area contributed by atoms with Gasteiger partial charge in [-0.05, 0) is 11.6 Å². The maximum Gasteiger partial charge on any atom is 0.184 e. The van der Waals surface area contributed by atoms with Crippen LogP contribution in [0.15, 0.2) is 73.0 Å². The van der Waals surface area contributed by atoms with Crippen LogP contribution >= 0.6 is 0 Å². The summed E-state index contributed by atoms with van der Waals surface area (Å²) in [5.74, 6) is 0. The number of benzene rings is 2. The molecule has 2 heterocycles. The van der Waals surface area contributed by atoms with Crippen LogP contribution in [0.3, 0.4) is 0 Å². The van der Waals surface area contributed by atoms with Gasteiger partial charge in [0.2, 0.25) is 0 Å². The van der Waals surface area contributed by atoms with Crippen molar-refractivity contribution < 1.29 is 19.3 Å². The molecule has 2 aromatic carbocycles. The standard InChI is InChI=1S/C20H20O4/c21-20(13-15-7-3-1-4-8-15)11-12-22-17-14-23-19(24-18(17)20)16-9-5-2-6-10-16/h1-12,17-19,21H,13-14H2/t17-,18-,19?,20+/m1/s1. The van der Waals surface area contributed by atoms with E-state index in [1.165, 1.54) is 0 Å². The van der Waals surface area contributed by atoms with Crippen molar-refractivity contribution in [2.45, 2.75) is 30.5 Å². The van der Waals surface area contributed by atoms with Gasteiger partial charge in [-0.2, -0.15) is 0 Å². The van der Waals surface area contributed by atoms with Gasteiger partial charge in [0.15, 0.2) is 12.4 Å². The van der Waals surface area contributed by atoms with Gasteiger partial charge in [-0.15, -0.1) is 0 Å². The van der Waals surface area contributed by atoms with Crippen molar-refractivity contribution in [3.8, 4) is 0 Å². The number of aliphatic hydroxyl groups is 1. The summed E-state index contributed by atoms with van der Waals surface area (Å²) in [6.07, 6.45) is 2.42. The van der Waals surface area contributed by atoms with Crippen molar-refractivity contribution in [1.82, 2.24) is 0 Å². The van der Waals surface area contributed by atoms with E-state index in [9.17, 15) is 5.11 Å². The molecule has 1 unspecified atom stereocenters. The number of rotatable bonds is 3. The maximum absolute atomic E-state index is 11.2. The summed E-state index contributed by atoms with van der Waals surface area (Å²) in [6, 6.07) is 19.7. The topological polar surface area (TPSA) is 47.9 Å². The molecule has 124 valence electrons. The van der Waals surface area contributed by atoms with Crippen LogP contribution in [0.5, 0.6) is 0 Å². The van der Waals surface area contributed by atoms with Gasteiger partial charge in [-0.1, -0.05) is 60.7 Å². The zero-order valence-corrected chi connectivity index (χ0v) is 13.2. The summed E-state index contributed by atoms with van der Waals surface area (Å²) in [5, 5.41) is 11.2. The Morgan fingerprint density at radius 2 is 1.71 bits per heavy atom. The molecule has 1 saturated heterocycles. The molecular weight excluding hydrogens is 304 g/mol. The summed E-state index contributed by atoms with van der Waals surface area (Å²) in [5.41, 5.74) is 0.866. The fourth-order valence-electron chi connectivity index (χ4n) is 3.30. The minimum atomic E-state index is -1.12. The van der Waals surface area contributed by atoms with Gasteiger partial charge in [0.25, 0.3) is 0 Å². The maximum atomic E-state index is 11.2. The molecule has 2 aromatic rings. The zero-order valence-electron chi connectivity index (χ0n) is 13.2. The first kappa shape index (κ1) is 15.4. The van der Waals surface area contributed by atoms with Gasteiger partial charge < -0.3 is 19.3 Å². The first-order chi connectivity index (χ1) is 11.7. The predicted octanol–water partition coefficient (Wildman–Crippen LogP) is 2.99. The Labute approximate surface area is 141 Å². The van der Waals surface area contributed by atoms with Crippen LogP contribution < -0.4 is 0 Å². The van der Waals surface area contributed by atoms with Crippen molar-refractivity contribution in [1.29, 1.82) is 0 Å². The lowest BCUT2D eigenvalue weighted by molar-refractivity contribution is -0.294. The third kappa shape index (κ3) is 2.96. The van der Waals surface area contributed by atoms with Crippen LogP contribution in [0.25, 0.3) is 0 Å². The normalized spacial score (nSPS) is 32.0. The van der Waals surface area contributed by atoms with Crippen LogP contribution in [0, 0.1) is 0 Å². The molecule has 0 spiro atoms. The van der Waals surface area contributed by atoms with Crippen molar-refractivity contribution in [3.05, 3.63) is 84.1 Å². The lowest BCUT2D eigenvalue weighted by Crippen LogP contribution is -2.57. The first-order valence-corrected chi connectivity index (χ1v) is 8.16. The van der Waals surface area contributed by atoms with Gasteiger partial charge >= 0.3 is 0 Å². The molecule has 0 saturated carbocycles. The largest absolute Gasteiger partial charge is 0.493 e. The van der Waals surface area contributed by atoms with Gasteiger partial charge in [0.05, 0.1) is 12.9 Å². The van der Waals surface area contributed by atoms with Gasteiger partial charge in [-0.3, -0.25) is 0 Å². The molecule has 2 aliphatic heterocycles. The highest BCUT2D eigenvalue weighted by Crippen LogP contribution is 2.37. The number of hydrogen-bond donors (Lipinski definition) is 1. The summed E-state index contributed by atoms with van der Waals surface area (Å²) >= 11 is 0. The lowest BCUT2D eigenvalue weighted by Gasteiger charge is -2.45. The average Bonchev–Trinajstić information content (AvgIpc) is 2.63. The van der Waals surface area contributed by atoms with E-state index in [2.05, 4.69) is 0 Å². The molecule has 24 heavy (non-hydrogen) atoms. The highest BCUT2D eigenvalue weighted by molar-refractivity contribution is 5.23. The van der Waals surface area contributed by atoms with E-state index in [4.69, 9.17) is 14.2 Å². The second-order valence-electron chi connectivity index (χ2n) is 6.26. The first-order valence-electron chi connectivity index (χ1n) is 8.16. The molecule has 0 aromatic heterocycles. The molecule has 4 atom stereocenters. The van der Waals surface area contributed by atoms with Crippen LogP contribution in [0.4, 0.5) is 0 Å². The Bertz CT molecular complexity index is 700. The molecule has 1 N–H and O–H groups in total. The third-order valence-corrected chi connectivity index (χ3v) is 4.52. The summed E-state index contributed by atoms with van der Waals surface area (Å²) < 4.78 is 17.5. The third-order valence-electron chi connectivity index (χ3n) is 4.52. The van der Waals surface area contributed by atoms with Gasteiger partial charge in [0, 0.05) is 12.0 Å².